The van der Waals surface area contributed by atoms with Crippen molar-refractivity contribution in [3.63, 3.8) is 0 Å². The number of nitrogens with one attached hydrogen (secondary N) is 1. The van der Waals surface area contributed by atoms with Gasteiger partial charge in [0.1, 0.15) is 0 Å². The van der Waals surface area contributed by atoms with Gasteiger partial charge in [-0.2, -0.15) is 10.4 Å². The Labute approximate surface area is 84.5 Å². The van der Waals surface area contributed by atoms with Crippen LogP contribution >= 0.6 is 0 Å². The Hall–Kier alpha value is -1.34. The van der Waals surface area contributed by atoms with Crippen molar-refractivity contribution in [1.82, 2.24) is 15.1 Å². The fourth-order valence-electron chi connectivity index (χ4n) is 1.16. The summed E-state index contributed by atoms with van der Waals surface area (Å²) < 4.78 is 1.91. The summed E-state index contributed by atoms with van der Waals surface area (Å²) in [5.41, 5.74) is 0. The van der Waals surface area contributed by atoms with Crippen LogP contribution in [0, 0.1) is 17.2 Å². The van der Waals surface area contributed by atoms with E-state index in [-0.39, 0.29) is 5.92 Å². The van der Waals surface area contributed by atoms with E-state index in [9.17, 15) is 0 Å². The molecule has 1 rings (SSSR count). The highest BCUT2D eigenvalue weighted by Crippen LogP contribution is 1.90. The van der Waals surface area contributed by atoms with E-state index < -0.39 is 0 Å². The molecule has 1 atom stereocenters. The van der Waals surface area contributed by atoms with Gasteiger partial charge in [0, 0.05) is 25.5 Å². The summed E-state index contributed by atoms with van der Waals surface area (Å²) in [5.74, 6) is 0.0969. The first-order valence-corrected chi connectivity index (χ1v) is 4.90. The van der Waals surface area contributed by atoms with E-state index in [0.29, 0.717) is 0 Å². The van der Waals surface area contributed by atoms with E-state index in [4.69, 9.17) is 5.26 Å². The minimum atomic E-state index is 0.0969. The number of nitrogens with zero attached hydrogens (tertiary/aromatic N) is 3. The third-order valence-corrected chi connectivity index (χ3v) is 1.97. The van der Waals surface area contributed by atoms with Crippen LogP contribution in [0.3, 0.4) is 0 Å². The number of aromatic nitrogens is 2. The molecule has 0 saturated carbocycles. The predicted molar refractivity (Wildman–Crippen MR) is 54.5 cm³/mol. The van der Waals surface area contributed by atoms with Crippen molar-refractivity contribution in [2.45, 2.75) is 19.9 Å². The van der Waals surface area contributed by atoms with Gasteiger partial charge in [-0.3, -0.25) is 4.68 Å². The van der Waals surface area contributed by atoms with Crippen molar-refractivity contribution in [2.75, 3.05) is 13.1 Å². The molecule has 0 amide bonds. The Morgan fingerprint density at radius 3 is 3.14 bits per heavy atom. The summed E-state index contributed by atoms with van der Waals surface area (Å²) in [6.45, 7) is 4.56. The first-order chi connectivity index (χ1) is 6.83. The van der Waals surface area contributed by atoms with Gasteiger partial charge >= 0.3 is 0 Å². The van der Waals surface area contributed by atoms with Gasteiger partial charge in [-0.1, -0.05) is 0 Å². The molecule has 0 aromatic carbocycles. The molecular formula is C10H16N4. The summed E-state index contributed by atoms with van der Waals surface area (Å²) in [6, 6.07) is 4.11. The van der Waals surface area contributed by atoms with Gasteiger partial charge in [0.05, 0.1) is 12.0 Å². The minimum Gasteiger partial charge on any atom is -0.315 e. The molecule has 1 aromatic heterocycles. The highest BCUT2D eigenvalue weighted by molar-refractivity contribution is 4.80. The molecule has 0 aliphatic heterocycles. The smallest absolute Gasteiger partial charge is 0.0666 e. The van der Waals surface area contributed by atoms with Gasteiger partial charge in [0.2, 0.25) is 0 Å². The summed E-state index contributed by atoms with van der Waals surface area (Å²) in [5, 5.41) is 15.9. The van der Waals surface area contributed by atoms with E-state index >= 15 is 0 Å². The zero-order valence-electron chi connectivity index (χ0n) is 8.48. The molecule has 14 heavy (non-hydrogen) atoms. The van der Waals surface area contributed by atoms with E-state index in [2.05, 4.69) is 16.5 Å². The zero-order chi connectivity index (χ0) is 10.2. The second-order valence-corrected chi connectivity index (χ2v) is 3.36. The zero-order valence-corrected chi connectivity index (χ0v) is 8.48. The molecule has 1 N–H and O–H groups in total. The van der Waals surface area contributed by atoms with Crippen LogP contribution in [0.1, 0.15) is 13.3 Å². The largest absolute Gasteiger partial charge is 0.315 e. The first kappa shape index (κ1) is 10.7. The highest BCUT2D eigenvalue weighted by Gasteiger charge is 1.97. The second kappa shape index (κ2) is 6.17. The van der Waals surface area contributed by atoms with Gasteiger partial charge in [-0.15, -0.1) is 0 Å². The molecule has 1 aromatic rings. The Morgan fingerprint density at radius 1 is 1.64 bits per heavy atom. The van der Waals surface area contributed by atoms with Crippen LogP contribution in [0.2, 0.25) is 0 Å². The number of hydrogen-bond acceptors (Lipinski definition) is 3. The molecule has 0 bridgehead atoms. The van der Waals surface area contributed by atoms with Crippen LogP contribution < -0.4 is 5.32 Å². The van der Waals surface area contributed by atoms with Crippen LogP contribution in [0.5, 0.6) is 0 Å². The Morgan fingerprint density at radius 2 is 2.50 bits per heavy atom. The lowest BCUT2D eigenvalue weighted by Gasteiger charge is -2.05. The monoisotopic (exact) mass is 192 g/mol. The van der Waals surface area contributed by atoms with Crippen LogP contribution in [0.25, 0.3) is 0 Å². The average molecular weight is 192 g/mol. The molecule has 0 radical (unpaired) electrons. The molecule has 0 saturated heterocycles. The summed E-state index contributed by atoms with van der Waals surface area (Å²) in [4.78, 5) is 0. The SMILES string of the molecule is CC(C#N)CNCCCn1cccn1. The first-order valence-electron chi connectivity index (χ1n) is 4.90. The fourth-order valence-corrected chi connectivity index (χ4v) is 1.16. The number of rotatable bonds is 6. The van der Waals surface area contributed by atoms with Crippen LogP contribution in [0.15, 0.2) is 18.5 Å². The van der Waals surface area contributed by atoms with Crippen molar-refractivity contribution < 1.29 is 0 Å². The lowest BCUT2D eigenvalue weighted by Crippen LogP contribution is -2.22. The maximum absolute atomic E-state index is 8.54. The van der Waals surface area contributed by atoms with Gasteiger partial charge in [-0.05, 0) is 26.0 Å². The van der Waals surface area contributed by atoms with Crippen LogP contribution in [0.4, 0.5) is 0 Å². The van der Waals surface area contributed by atoms with Gasteiger partial charge < -0.3 is 5.32 Å². The van der Waals surface area contributed by atoms with E-state index in [1.54, 1.807) is 6.20 Å². The van der Waals surface area contributed by atoms with Crippen molar-refractivity contribution in [1.29, 1.82) is 5.26 Å². The molecule has 1 heterocycles. The Balaban J connectivity index is 1.98. The molecule has 0 aliphatic rings. The summed E-state index contributed by atoms with van der Waals surface area (Å²) in [6.07, 6.45) is 4.78. The normalized spacial score (nSPS) is 12.3. The van der Waals surface area contributed by atoms with Crippen molar-refractivity contribution >= 4 is 0 Å². The van der Waals surface area contributed by atoms with Gasteiger partial charge in [0.25, 0.3) is 0 Å². The Kier molecular flexibility index (Phi) is 4.73. The van der Waals surface area contributed by atoms with Gasteiger partial charge in [0.15, 0.2) is 0 Å². The van der Waals surface area contributed by atoms with Crippen molar-refractivity contribution in [3.05, 3.63) is 18.5 Å². The molecule has 0 aliphatic carbocycles. The van der Waals surface area contributed by atoms with E-state index in [1.807, 2.05) is 23.9 Å². The molecule has 4 heteroatoms. The molecule has 0 fully saturated rings. The number of nitriles is 1. The quantitative estimate of drug-likeness (QED) is 0.685. The third kappa shape index (κ3) is 4.06. The van der Waals surface area contributed by atoms with E-state index in [0.717, 1.165) is 26.1 Å². The van der Waals surface area contributed by atoms with Crippen LogP contribution in [-0.2, 0) is 6.54 Å². The van der Waals surface area contributed by atoms with Gasteiger partial charge in [-0.25, -0.2) is 0 Å². The minimum absolute atomic E-state index is 0.0969. The highest BCUT2D eigenvalue weighted by atomic mass is 15.3. The maximum atomic E-state index is 8.54. The fraction of sp³-hybridized carbons (Fsp3) is 0.600. The topological polar surface area (TPSA) is 53.6 Å². The Bertz CT molecular complexity index is 273. The number of aryl methyl sites for hydroxylation is 1. The van der Waals surface area contributed by atoms with Crippen LogP contribution in [-0.4, -0.2) is 22.9 Å². The number of hydrogen-bond donors (Lipinski definition) is 1. The molecular weight excluding hydrogens is 176 g/mol. The van der Waals surface area contributed by atoms with Crippen molar-refractivity contribution in [3.8, 4) is 6.07 Å². The third-order valence-electron chi connectivity index (χ3n) is 1.97. The predicted octanol–water partition coefficient (Wildman–Crippen LogP) is 1.02. The molecule has 76 valence electrons. The molecule has 4 nitrogen and oxygen atoms in total. The van der Waals surface area contributed by atoms with E-state index in [1.165, 1.54) is 0 Å². The lowest BCUT2D eigenvalue weighted by molar-refractivity contribution is 0.525. The summed E-state index contributed by atoms with van der Waals surface area (Å²) in [7, 11) is 0. The average Bonchev–Trinajstić information content (AvgIpc) is 2.69. The molecule has 0 spiro atoms. The maximum Gasteiger partial charge on any atom is 0.0666 e. The lowest BCUT2D eigenvalue weighted by atomic mass is 10.2. The molecule has 1 unspecified atom stereocenters. The summed E-state index contributed by atoms with van der Waals surface area (Å²) >= 11 is 0. The standard InChI is InChI=1S/C10H16N4/c1-10(8-11)9-12-4-2-6-14-7-3-5-13-14/h3,5,7,10,12H,2,4,6,9H2,1H3. The van der Waals surface area contributed by atoms with Crippen molar-refractivity contribution in [2.24, 2.45) is 5.92 Å². The second-order valence-electron chi connectivity index (χ2n) is 3.36.